The molecule has 1 amide bonds. The zero-order chi connectivity index (χ0) is 10.4. The molecule has 6 heteroatoms. The molecule has 1 heterocycles. The minimum absolute atomic E-state index is 0.0119. The predicted octanol–water partition coefficient (Wildman–Crippen LogP) is 0.670. The summed E-state index contributed by atoms with van der Waals surface area (Å²) >= 11 is 0. The largest absolute Gasteiger partial charge is 0.394 e. The molecule has 1 saturated heterocycles. The number of carbonyl (C=O) groups excluding carboxylic acids is 1. The molecule has 6 nitrogen and oxygen atoms in total. The first-order valence-electron chi connectivity index (χ1n) is 4.70. The highest BCUT2D eigenvalue weighted by molar-refractivity contribution is 5.78. The van der Waals surface area contributed by atoms with Crippen molar-refractivity contribution in [2.24, 2.45) is 5.11 Å². The molecular formula is C8H14N4O2. The van der Waals surface area contributed by atoms with E-state index >= 15 is 0 Å². The fourth-order valence-corrected chi connectivity index (χ4v) is 1.70. The normalized spacial score (nSPS) is 21.5. The van der Waals surface area contributed by atoms with Crippen molar-refractivity contribution < 1.29 is 9.90 Å². The molecule has 1 fully saturated rings. The van der Waals surface area contributed by atoms with Gasteiger partial charge < -0.3 is 10.0 Å². The van der Waals surface area contributed by atoms with Crippen molar-refractivity contribution in [3.05, 3.63) is 10.4 Å². The van der Waals surface area contributed by atoms with E-state index in [1.165, 1.54) is 0 Å². The third-order valence-electron chi connectivity index (χ3n) is 2.43. The quantitative estimate of drug-likeness (QED) is 0.410. The number of nitrogens with zero attached hydrogens (tertiary/aromatic N) is 4. The molecule has 14 heavy (non-hydrogen) atoms. The van der Waals surface area contributed by atoms with Gasteiger partial charge in [-0.3, -0.25) is 4.79 Å². The van der Waals surface area contributed by atoms with Crippen molar-refractivity contribution in [2.75, 3.05) is 19.7 Å². The molecule has 1 N–H and O–H groups in total. The summed E-state index contributed by atoms with van der Waals surface area (Å²) < 4.78 is 0. The number of amides is 1. The first-order chi connectivity index (χ1) is 6.79. The average molecular weight is 198 g/mol. The summed E-state index contributed by atoms with van der Waals surface area (Å²) in [5, 5.41) is 12.3. The molecule has 1 aliphatic rings. The van der Waals surface area contributed by atoms with Gasteiger partial charge >= 0.3 is 0 Å². The topological polar surface area (TPSA) is 89.3 Å². The minimum Gasteiger partial charge on any atom is -0.394 e. The van der Waals surface area contributed by atoms with Crippen LogP contribution in [0.1, 0.15) is 19.3 Å². The fraction of sp³-hybridized carbons (Fsp3) is 0.875. The van der Waals surface area contributed by atoms with Crippen LogP contribution in [0, 0.1) is 0 Å². The van der Waals surface area contributed by atoms with Crippen LogP contribution in [0.25, 0.3) is 10.4 Å². The lowest BCUT2D eigenvalue weighted by Gasteiger charge is -2.34. The predicted molar refractivity (Wildman–Crippen MR) is 50.5 cm³/mol. The lowest BCUT2D eigenvalue weighted by molar-refractivity contribution is -0.134. The molecule has 1 unspecified atom stereocenters. The van der Waals surface area contributed by atoms with E-state index in [-0.39, 0.29) is 25.1 Å². The summed E-state index contributed by atoms with van der Waals surface area (Å²) in [6.07, 6.45) is 2.83. The Hall–Kier alpha value is -1.26. The van der Waals surface area contributed by atoms with Gasteiger partial charge in [-0.15, -0.1) is 0 Å². The highest BCUT2D eigenvalue weighted by atomic mass is 16.3. The van der Waals surface area contributed by atoms with Gasteiger partial charge in [-0.1, -0.05) is 5.11 Å². The zero-order valence-corrected chi connectivity index (χ0v) is 7.96. The van der Waals surface area contributed by atoms with Gasteiger partial charge in [0.15, 0.2) is 0 Å². The Labute approximate surface area is 82.1 Å². The Bertz CT molecular complexity index is 250. The third-order valence-corrected chi connectivity index (χ3v) is 2.43. The van der Waals surface area contributed by atoms with Crippen LogP contribution in [0.15, 0.2) is 5.11 Å². The Balaban J connectivity index is 2.54. The van der Waals surface area contributed by atoms with Crippen LogP contribution in [0.4, 0.5) is 0 Å². The molecule has 0 radical (unpaired) electrons. The molecule has 0 bridgehead atoms. The molecule has 0 aromatic heterocycles. The van der Waals surface area contributed by atoms with Crippen molar-refractivity contribution in [3.63, 3.8) is 0 Å². The molecule has 1 aliphatic heterocycles. The molecule has 1 rings (SSSR count). The number of hydrogen-bond acceptors (Lipinski definition) is 3. The van der Waals surface area contributed by atoms with Crippen LogP contribution in [-0.4, -0.2) is 41.7 Å². The van der Waals surface area contributed by atoms with Gasteiger partial charge in [0.1, 0.15) is 6.54 Å². The molecule has 0 aliphatic carbocycles. The summed E-state index contributed by atoms with van der Waals surface area (Å²) in [6, 6.07) is -0.0925. The van der Waals surface area contributed by atoms with E-state index in [0.29, 0.717) is 6.54 Å². The highest BCUT2D eigenvalue weighted by Crippen LogP contribution is 2.16. The van der Waals surface area contributed by atoms with Crippen LogP contribution in [0.5, 0.6) is 0 Å². The van der Waals surface area contributed by atoms with Crippen LogP contribution < -0.4 is 0 Å². The van der Waals surface area contributed by atoms with Crippen LogP contribution in [-0.2, 0) is 4.79 Å². The SMILES string of the molecule is [N-]=[N+]=NCC(=O)N1CCCCC1CO. The maximum absolute atomic E-state index is 11.5. The molecule has 0 aromatic carbocycles. The number of azide groups is 1. The summed E-state index contributed by atoms with van der Waals surface area (Å²) in [5.41, 5.74) is 8.07. The Morgan fingerprint density at radius 2 is 2.43 bits per heavy atom. The van der Waals surface area contributed by atoms with E-state index in [1.807, 2.05) is 0 Å². The second kappa shape index (κ2) is 5.47. The highest BCUT2D eigenvalue weighted by Gasteiger charge is 2.24. The van der Waals surface area contributed by atoms with E-state index in [0.717, 1.165) is 19.3 Å². The van der Waals surface area contributed by atoms with Crippen molar-refractivity contribution in [1.82, 2.24) is 4.90 Å². The molecule has 0 aromatic rings. The summed E-state index contributed by atoms with van der Waals surface area (Å²) in [5.74, 6) is -0.193. The second-order valence-corrected chi connectivity index (χ2v) is 3.31. The average Bonchev–Trinajstić information content (AvgIpc) is 2.25. The van der Waals surface area contributed by atoms with Gasteiger partial charge in [0.25, 0.3) is 0 Å². The molecule has 0 saturated carbocycles. The number of hydrogen-bond donors (Lipinski definition) is 1. The van der Waals surface area contributed by atoms with Crippen LogP contribution in [0.2, 0.25) is 0 Å². The number of likely N-dealkylation sites (tertiary alicyclic amines) is 1. The van der Waals surface area contributed by atoms with E-state index in [1.54, 1.807) is 4.90 Å². The third kappa shape index (κ3) is 2.61. The summed E-state index contributed by atoms with van der Waals surface area (Å²) in [6.45, 7) is 0.500. The maximum atomic E-state index is 11.5. The van der Waals surface area contributed by atoms with Crippen molar-refractivity contribution in [3.8, 4) is 0 Å². The van der Waals surface area contributed by atoms with Crippen molar-refractivity contribution >= 4 is 5.91 Å². The van der Waals surface area contributed by atoms with E-state index < -0.39 is 0 Å². The van der Waals surface area contributed by atoms with Crippen molar-refractivity contribution in [2.45, 2.75) is 25.3 Å². The number of carbonyl (C=O) groups is 1. The summed E-state index contributed by atoms with van der Waals surface area (Å²) in [4.78, 5) is 15.6. The molecular weight excluding hydrogens is 184 g/mol. The Morgan fingerprint density at radius 3 is 3.07 bits per heavy atom. The fourth-order valence-electron chi connectivity index (χ4n) is 1.70. The standard InChI is InChI=1S/C8H14N4O2/c9-11-10-5-8(14)12-4-2-1-3-7(12)6-13/h7,13H,1-6H2. The minimum atomic E-state index is -0.193. The van der Waals surface area contributed by atoms with E-state index in [4.69, 9.17) is 10.6 Å². The van der Waals surface area contributed by atoms with E-state index in [2.05, 4.69) is 10.0 Å². The van der Waals surface area contributed by atoms with Crippen LogP contribution >= 0.6 is 0 Å². The first-order valence-corrected chi connectivity index (χ1v) is 4.70. The molecule has 0 spiro atoms. The lowest BCUT2D eigenvalue weighted by Crippen LogP contribution is -2.46. The Morgan fingerprint density at radius 1 is 1.64 bits per heavy atom. The van der Waals surface area contributed by atoms with Crippen LogP contribution in [0.3, 0.4) is 0 Å². The zero-order valence-electron chi connectivity index (χ0n) is 7.96. The van der Waals surface area contributed by atoms with Gasteiger partial charge in [-0.2, -0.15) is 0 Å². The maximum Gasteiger partial charge on any atom is 0.228 e. The van der Waals surface area contributed by atoms with Gasteiger partial charge in [0.2, 0.25) is 5.91 Å². The van der Waals surface area contributed by atoms with Gasteiger partial charge in [0, 0.05) is 11.5 Å². The number of aliphatic hydroxyl groups excluding tert-OH is 1. The first kappa shape index (κ1) is 10.8. The van der Waals surface area contributed by atoms with Crippen molar-refractivity contribution in [1.29, 1.82) is 0 Å². The Kier molecular flexibility index (Phi) is 4.22. The number of rotatable bonds is 3. The molecule has 78 valence electrons. The number of aliphatic hydroxyl groups is 1. The van der Waals surface area contributed by atoms with Gasteiger partial charge in [-0.05, 0) is 24.8 Å². The van der Waals surface area contributed by atoms with Gasteiger partial charge in [0.05, 0.1) is 12.6 Å². The molecule has 1 atom stereocenters. The lowest BCUT2D eigenvalue weighted by atomic mass is 10.0. The summed E-state index contributed by atoms with van der Waals surface area (Å²) in [7, 11) is 0. The van der Waals surface area contributed by atoms with E-state index in [9.17, 15) is 4.79 Å². The second-order valence-electron chi connectivity index (χ2n) is 3.31. The monoisotopic (exact) mass is 198 g/mol. The van der Waals surface area contributed by atoms with Gasteiger partial charge in [-0.25, -0.2) is 0 Å². The smallest absolute Gasteiger partial charge is 0.228 e. The number of piperidine rings is 1.